The van der Waals surface area contributed by atoms with Crippen molar-refractivity contribution in [3.05, 3.63) is 24.3 Å². The molecule has 2 N–H and O–H groups in total. The quantitative estimate of drug-likeness (QED) is 0.818. The smallest absolute Gasteiger partial charge is 0.344 e. The number of carbonyl (C=O) groups excluding carboxylic acids is 2. The Balaban J connectivity index is 2.56. The van der Waals surface area contributed by atoms with Crippen molar-refractivity contribution in [2.45, 2.75) is 33.2 Å². The van der Waals surface area contributed by atoms with E-state index in [0.717, 1.165) is 0 Å². The van der Waals surface area contributed by atoms with E-state index >= 15 is 0 Å². The number of ether oxygens (including phenoxy) is 2. The van der Waals surface area contributed by atoms with Crippen molar-refractivity contribution in [1.29, 1.82) is 0 Å². The first-order valence-corrected chi connectivity index (χ1v) is 6.78. The van der Waals surface area contributed by atoms with Crippen molar-refractivity contribution in [3.8, 4) is 5.75 Å². The molecule has 0 saturated carbocycles. The molecule has 0 bridgehead atoms. The molecule has 0 saturated heterocycles. The highest BCUT2D eigenvalue weighted by molar-refractivity contribution is 5.89. The Labute approximate surface area is 124 Å². The van der Waals surface area contributed by atoms with Gasteiger partial charge in [-0.2, -0.15) is 0 Å². The monoisotopic (exact) mass is 294 g/mol. The van der Waals surface area contributed by atoms with Gasteiger partial charge in [0.1, 0.15) is 5.75 Å². The van der Waals surface area contributed by atoms with Gasteiger partial charge in [-0.15, -0.1) is 0 Å². The van der Waals surface area contributed by atoms with Gasteiger partial charge in [0.25, 0.3) is 0 Å². The topological polar surface area (TPSA) is 76.7 Å². The van der Waals surface area contributed by atoms with Gasteiger partial charge in [-0.3, -0.25) is 0 Å². The molecule has 0 aromatic heterocycles. The molecule has 116 valence electrons. The van der Waals surface area contributed by atoms with Crippen LogP contribution in [0.4, 0.5) is 10.5 Å². The number of carbonyl (C=O) groups is 2. The normalized spacial score (nSPS) is 10.7. The zero-order valence-electron chi connectivity index (χ0n) is 12.9. The van der Waals surface area contributed by atoms with Crippen LogP contribution in [0.25, 0.3) is 0 Å². The molecule has 1 aromatic carbocycles. The van der Waals surface area contributed by atoms with E-state index < -0.39 is 5.97 Å². The van der Waals surface area contributed by atoms with E-state index in [4.69, 9.17) is 9.47 Å². The molecule has 0 unspecified atom stereocenters. The Morgan fingerprint density at radius 3 is 2.57 bits per heavy atom. The predicted molar refractivity (Wildman–Crippen MR) is 80.5 cm³/mol. The lowest BCUT2D eigenvalue weighted by Gasteiger charge is -2.20. The fourth-order valence-electron chi connectivity index (χ4n) is 1.51. The van der Waals surface area contributed by atoms with E-state index in [2.05, 4.69) is 10.6 Å². The molecular weight excluding hydrogens is 272 g/mol. The third-order valence-electron chi connectivity index (χ3n) is 2.24. The van der Waals surface area contributed by atoms with E-state index in [1.54, 1.807) is 31.2 Å². The maximum Gasteiger partial charge on any atom is 0.344 e. The Hall–Kier alpha value is -2.24. The van der Waals surface area contributed by atoms with Crippen molar-refractivity contribution in [1.82, 2.24) is 5.32 Å². The first kappa shape index (κ1) is 16.8. The molecule has 0 aliphatic rings. The maximum absolute atomic E-state index is 11.8. The second-order valence-electron chi connectivity index (χ2n) is 5.45. The third-order valence-corrected chi connectivity index (χ3v) is 2.24. The Bertz CT molecular complexity index is 495. The van der Waals surface area contributed by atoms with E-state index in [1.807, 2.05) is 20.8 Å². The first-order valence-electron chi connectivity index (χ1n) is 6.78. The number of rotatable bonds is 5. The highest BCUT2D eigenvalue weighted by Crippen LogP contribution is 2.17. The SMILES string of the molecule is CCOC(=O)COc1cccc(NC(=O)NC(C)(C)C)c1. The number of hydrogen-bond donors (Lipinski definition) is 2. The lowest BCUT2D eigenvalue weighted by molar-refractivity contribution is -0.145. The van der Waals surface area contributed by atoms with Gasteiger partial charge in [0.15, 0.2) is 6.61 Å². The van der Waals surface area contributed by atoms with Gasteiger partial charge in [0, 0.05) is 17.3 Å². The molecule has 0 spiro atoms. The zero-order valence-corrected chi connectivity index (χ0v) is 12.9. The van der Waals surface area contributed by atoms with Crippen molar-refractivity contribution in [2.75, 3.05) is 18.5 Å². The Kier molecular flexibility index (Phi) is 6.02. The molecule has 6 nitrogen and oxygen atoms in total. The van der Waals surface area contributed by atoms with Crippen LogP contribution in [0.2, 0.25) is 0 Å². The number of benzene rings is 1. The van der Waals surface area contributed by atoms with Crippen LogP contribution >= 0.6 is 0 Å². The summed E-state index contributed by atoms with van der Waals surface area (Å²) in [6, 6.07) is 6.50. The summed E-state index contributed by atoms with van der Waals surface area (Å²) in [6.07, 6.45) is 0. The minimum atomic E-state index is -0.429. The number of hydrogen-bond acceptors (Lipinski definition) is 4. The lowest BCUT2D eigenvalue weighted by Crippen LogP contribution is -2.43. The molecule has 1 aromatic rings. The van der Waals surface area contributed by atoms with Gasteiger partial charge in [-0.25, -0.2) is 9.59 Å². The van der Waals surface area contributed by atoms with Crippen LogP contribution in [-0.2, 0) is 9.53 Å². The fraction of sp³-hybridized carbons (Fsp3) is 0.467. The summed E-state index contributed by atoms with van der Waals surface area (Å²) >= 11 is 0. The van der Waals surface area contributed by atoms with E-state index in [0.29, 0.717) is 18.0 Å². The van der Waals surface area contributed by atoms with Crippen molar-refractivity contribution < 1.29 is 19.1 Å². The molecule has 0 fully saturated rings. The van der Waals surface area contributed by atoms with Crippen LogP contribution < -0.4 is 15.4 Å². The van der Waals surface area contributed by atoms with Gasteiger partial charge < -0.3 is 20.1 Å². The molecule has 1 rings (SSSR count). The van der Waals surface area contributed by atoms with E-state index in [9.17, 15) is 9.59 Å². The van der Waals surface area contributed by atoms with Gasteiger partial charge in [0.05, 0.1) is 6.61 Å². The van der Waals surface area contributed by atoms with Crippen LogP contribution in [0.5, 0.6) is 5.75 Å². The average Bonchev–Trinajstić information content (AvgIpc) is 2.35. The number of anilines is 1. The summed E-state index contributed by atoms with van der Waals surface area (Å²) in [5.41, 5.74) is 0.264. The van der Waals surface area contributed by atoms with Gasteiger partial charge in [-0.05, 0) is 39.8 Å². The van der Waals surface area contributed by atoms with Crippen molar-refractivity contribution >= 4 is 17.7 Å². The molecule has 21 heavy (non-hydrogen) atoms. The number of urea groups is 1. The molecule has 0 aliphatic carbocycles. The van der Waals surface area contributed by atoms with Crippen LogP contribution in [0.15, 0.2) is 24.3 Å². The standard InChI is InChI=1S/C15H22N2O4/c1-5-20-13(18)10-21-12-8-6-7-11(9-12)16-14(19)17-15(2,3)4/h6-9H,5,10H2,1-4H3,(H2,16,17,19). The van der Waals surface area contributed by atoms with E-state index in [-0.39, 0.29) is 18.2 Å². The summed E-state index contributed by atoms with van der Waals surface area (Å²) in [4.78, 5) is 23.0. The summed E-state index contributed by atoms with van der Waals surface area (Å²) in [6.45, 7) is 7.57. The molecule has 0 atom stereocenters. The summed E-state index contributed by atoms with van der Waals surface area (Å²) < 4.78 is 10.1. The molecule has 0 radical (unpaired) electrons. The molecule has 2 amide bonds. The maximum atomic E-state index is 11.8. The third kappa shape index (κ3) is 7.20. The predicted octanol–water partition coefficient (Wildman–Crippen LogP) is 2.55. The number of esters is 1. The number of nitrogens with one attached hydrogen (secondary N) is 2. The average molecular weight is 294 g/mol. The van der Waals surface area contributed by atoms with Gasteiger partial charge >= 0.3 is 12.0 Å². The molecular formula is C15H22N2O4. The van der Waals surface area contributed by atoms with E-state index in [1.165, 1.54) is 0 Å². The molecule has 0 heterocycles. The zero-order chi connectivity index (χ0) is 15.9. The first-order chi connectivity index (χ1) is 9.80. The number of amides is 2. The van der Waals surface area contributed by atoms with Crippen molar-refractivity contribution in [2.24, 2.45) is 0 Å². The summed E-state index contributed by atoms with van der Waals surface area (Å²) in [5.74, 6) is 0.0537. The second kappa shape index (κ2) is 7.52. The van der Waals surface area contributed by atoms with Gasteiger partial charge in [-0.1, -0.05) is 6.07 Å². The largest absolute Gasteiger partial charge is 0.482 e. The Morgan fingerprint density at radius 2 is 1.95 bits per heavy atom. The minimum Gasteiger partial charge on any atom is -0.482 e. The van der Waals surface area contributed by atoms with Crippen LogP contribution in [-0.4, -0.2) is 30.8 Å². The minimum absolute atomic E-state index is 0.161. The molecule has 0 aliphatic heterocycles. The fourth-order valence-corrected chi connectivity index (χ4v) is 1.51. The van der Waals surface area contributed by atoms with Crippen molar-refractivity contribution in [3.63, 3.8) is 0 Å². The highest BCUT2D eigenvalue weighted by atomic mass is 16.6. The molecule has 6 heteroatoms. The Morgan fingerprint density at radius 1 is 1.24 bits per heavy atom. The van der Waals surface area contributed by atoms with Gasteiger partial charge in [0.2, 0.25) is 0 Å². The highest BCUT2D eigenvalue weighted by Gasteiger charge is 2.13. The summed E-state index contributed by atoms with van der Waals surface area (Å²) in [7, 11) is 0. The van der Waals surface area contributed by atoms with Crippen LogP contribution in [0.3, 0.4) is 0 Å². The van der Waals surface area contributed by atoms with Crippen LogP contribution in [0.1, 0.15) is 27.7 Å². The summed E-state index contributed by atoms with van der Waals surface area (Å²) in [5, 5.41) is 5.49. The lowest BCUT2D eigenvalue weighted by atomic mass is 10.1. The second-order valence-corrected chi connectivity index (χ2v) is 5.45. The van der Waals surface area contributed by atoms with Crippen LogP contribution in [0, 0.1) is 0 Å².